The fraction of sp³-hybridized carbons (Fsp3) is 0.575. The van der Waals surface area contributed by atoms with Crippen LogP contribution in [0, 0.1) is 56.3 Å². The number of allylic oxidation sites excluding steroid dienone is 16. The summed E-state index contributed by atoms with van der Waals surface area (Å²) in [7, 11) is 0. The topological polar surface area (TPSA) is 0 Å². The van der Waals surface area contributed by atoms with Crippen LogP contribution in [-0.4, -0.2) is 5.43 Å². The molecule has 6 aliphatic rings. The summed E-state index contributed by atoms with van der Waals surface area (Å²) in [5.74, 6) is 0.460. The van der Waals surface area contributed by atoms with E-state index in [2.05, 4.69) is 168 Å². The zero-order valence-electron chi connectivity index (χ0n) is 29.4. The molecule has 0 bridgehead atoms. The molecule has 2 saturated carbocycles. The van der Waals surface area contributed by atoms with Gasteiger partial charge in [0.25, 0.3) is 0 Å². The summed E-state index contributed by atoms with van der Waals surface area (Å²) in [5.41, 5.74) is 3.77. The Morgan fingerprint density at radius 3 is 1.64 bits per heavy atom. The average Bonchev–Trinajstić information content (AvgIpc) is 3.58. The summed E-state index contributed by atoms with van der Waals surface area (Å²) < 4.78 is 0. The summed E-state index contributed by atoms with van der Waals surface area (Å²) in [6.45, 7) is 29.7. The van der Waals surface area contributed by atoms with Crippen molar-refractivity contribution in [1.29, 1.82) is 0 Å². The smallest absolute Gasteiger partial charge is 0.00455 e. The number of fused-ring (bicyclic) bond motifs is 8. The maximum atomic E-state index is 2.99. The standard InChI is InChI=1S/C29H37.C6H14Si.C5H5.2ClH.Zr/c1-21-14-13-15-22-20-27(6)25(4)18-10-9-16-23(25,2)24(3)17-11-12-19-26(24,5)29(27,8)28(21,22)7;1-5(2)7-6(3)4;1-2-4-5-3-1;;;/h9-20,22H,1-8H3;5-6H,1-4H3;1-3H,4H2;2*1H;/q-1;;-1;;;+2/p-2. The first-order valence-electron chi connectivity index (χ1n) is 16.2. The molecule has 0 spiro atoms. The van der Waals surface area contributed by atoms with E-state index in [1.807, 2.05) is 12.2 Å². The van der Waals surface area contributed by atoms with E-state index >= 15 is 0 Å². The Balaban J connectivity index is 0.000000378. The Kier molecular flexibility index (Phi) is 12.3. The van der Waals surface area contributed by atoms with Crippen LogP contribution in [-0.2, 0) is 23.3 Å². The van der Waals surface area contributed by atoms with Crippen molar-refractivity contribution in [2.24, 2.45) is 43.8 Å². The number of halogens is 2. The van der Waals surface area contributed by atoms with E-state index in [4.69, 9.17) is 0 Å². The van der Waals surface area contributed by atoms with Crippen molar-refractivity contribution in [3.05, 3.63) is 103 Å². The second kappa shape index (κ2) is 13.6. The van der Waals surface area contributed by atoms with Gasteiger partial charge in [-0.2, -0.15) is 6.08 Å². The molecule has 0 aromatic heterocycles. The van der Waals surface area contributed by atoms with Crippen LogP contribution in [0.1, 0.15) is 89.5 Å². The summed E-state index contributed by atoms with van der Waals surface area (Å²) in [6, 6.07) is 0. The Bertz CT molecular complexity index is 1320. The van der Waals surface area contributed by atoms with Gasteiger partial charge in [-0.1, -0.05) is 115 Å². The predicted octanol–water partition coefficient (Wildman–Crippen LogP) is 5.30. The van der Waals surface area contributed by atoms with E-state index in [0.29, 0.717) is 5.92 Å². The summed E-state index contributed by atoms with van der Waals surface area (Å²) >= 11 is 1.80. The molecule has 0 N–H and O–H groups in total. The van der Waals surface area contributed by atoms with E-state index in [0.717, 1.165) is 17.5 Å². The molecule has 2 fully saturated rings. The van der Waals surface area contributed by atoms with Gasteiger partial charge in [-0.3, -0.25) is 6.08 Å². The molecule has 0 nitrogen and oxygen atoms in total. The molecule has 0 saturated heterocycles. The van der Waals surface area contributed by atoms with Crippen LogP contribution in [0.3, 0.4) is 0 Å². The zero-order valence-corrected chi connectivity index (χ0v) is 34.3. The molecular weight excluding hydrogens is 671 g/mol. The molecule has 0 amide bonds. The summed E-state index contributed by atoms with van der Waals surface area (Å²) in [4.78, 5) is 0. The second-order valence-corrected chi connectivity index (χ2v) is 22.9. The second-order valence-electron chi connectivity index (χ2n) is 15.5. The van der Waals surface area contributed by atoms with Gasteiger partial charge in [0.15, 0.2) is 0 Å². The molecule has 6 aliphatic carbocycles. The minimum Gasteiger partial charge on any atom is -1.00 e. The Labute approximate surface area is 299 Å². The Hall–Kier alpha value is -0.400. The Morgan fingerprint density at radius 1 is 0.750 bits per heavy atom. The third kappa shape index (κ3) is 5.04. The van der Waals surface area contributed by atoms with Crippen molar-refractivity contribution in [2.45, 2.75) is 101 Å². The van der Waals surface area contributed by atoms with E-state index in [1.165, 1.54) is 5.57 Å². The Morgan fingerprint density at radius 2 is 1.23 bits per heavy atom. The van der Waals surface area contributed by atoms with Gasteiger partial charge >= 0.3 is 67.5 Å². The largest absolute Gasteiger partial charge is 1.00 e. The predicted molar refractivity (Wildman–Crippen MR) is 182 cm³/mol. The molecule has 0 aromatic rings. The van der Waals surface area contributed by atoms with Crippen molar-refractivity contribution in [3.8, 4) is 0 Å². The fourth-order valence-electron chi connectivity index (χ4n) is 10.2. The van der Waals surface area contributed by atoms with Gasteiger partial charge in [0.1, 0.15) is 0 Å². The maximum absolute atomic E-state index is 2.99. The average molecular weight is 727 g/mol. The van der Waals surface area contributed by atoms with Crippen LogP contribution in [0.25, 0.3) is 0 Å². The molecule has 0 heterocycles. The van der Waals surface area contributed by atoms with Gasteiger partial charge in [-0.15, -0.1) is 23.8 Å². The quantitative estimate of drug-likeness (QED) is 0.268. The van der Waals surface area contributed by atoms with Crippen LogP contribution in [0.15, 0.2) is 90.6 Å². The summed E-state index contributed by atoms with van der Waals surface area (Å²) in [6.07, 6.45) is 39.3. The number of rotatable bonds is 2. The van der Waals surface area contributed by atoms with Gasteiger partial charge in [0.2, 0.25) is 0 Å². The van der Waals surface area contributed by atoms with E-state index in [-0.39, 0.29) is 68.2 Å². The van der Waals surface area contributed by atoms with Gasteiger partial charge in [-0.25, -0.2) is 12.2 Å². The van der Waals surface area contributed by atoms with Crippen LogP contribution < -0.4 is 24.8 Å². The van der Waals surface area contributed by atoms with Crippen LogP contribution in [0.2, 0.25) is 11.1 Å². The van der Waals surface area contributed by atoms with E-state index < -0.39 is 0 Å². The third-order valence-electron chi connectivity index (χ3n) is 13.9. The number of hydrogen-bond donors (Lipinski definition) is 0. The number of hydrogen-bond acceptors (Lipinski definition) is 0. The van der Waals surface area contributed by atoms with E-state index in [1.54, 1.807) is 23.3 Å². The fourth-order valence-corrected chi connectivity index (χ4v) is 11.6. The molecule has 8 atom stereocenters. The maximum Gasteiger partial charge on any atom is 0.00455 e. The minimum atomic E-state index is 0. The van der Waals surface area contributed by atoms with Crippen molar-refractivity contribution < 1.29 is 48.1 Å². The minimum absolute atomic E-state index is 0. The molecule has 0 aromatic carbocycles. The molecule has 4 heteroatoms. The van der Waals surface area contributed by atoms with Crippen molar-refractivity contribution >= 4 is 5.43 Å². The van der Waals surface area contributed by atoms with Crippen molar-refractivity contribution in [2.75, 3.05) is 0 Å². The van der Waals surface area contributed by atoms with E-state index in [9.17, 15) is 0 Å². The molecule has 240 valence electrons. The van der Waals surface area contributed by atoms with Crippen molar-refractivity contribution in [3.63, 3.8) is 0 Å². The molecule has 0 aliphatic heterocycles. The molecule has 44 heavy (non-hydrogen) atoms. The van der Waals surface area contributed by atoms with Crippen molar-refractivity contribution in [1.82, 2.24) is 0 Å². The molecule has 0 radical (unpaired) electrons. The zero-order chi connectivity index (χ0) is 31.4. The normalized spacial score (nSPS) is 42.9. The van der Waals surface area contributed by atoms with Gasteiger partial charge < -0.3 is 31.2 Å². The summed E-state index contributed by atoms with van der Waals surface area (Å²) in [5, 5.41) is 0. The first kappa shape index (κ1) is 39.8. The molecule has 6 rings (SSSR count). The van der Waals surface area contributed by atoms with Crippen LogP contribution in [0.4, 0.5) is 0 Å². The van der Waals surface area contributed by atoms with Gasteiger partial charge in [0, 0.05) is 10.8 Å². The molecule has 8 unspecified atom stereocenters. The van der Waals surface area contributed by atoms with Gasteiger partial charge in [0.05, 0.1) is 0 Å². The van der Waals surface area contributed by atoms with Crippen LogP contribution in [0.5, 0.6) is 0 Å². The monoisotopic (exact) mass is 724 g/mol. The molecular formula is C40H56Cl2SiZr-2. The van der Waals surface area contributed by atoms with Crippen LogP contribution >= 0.6 is 0 Å². The third-order valence-corrected chi connectivity index (χ3v) is 24.9. The first-order chi connectivity index (χ1) is 19.5. The first-order valence-corrected chi connectivity index (χ1v) is 21.5. The van der Waals surface area contributed by atoms with Gasteiger partial charge in [-0.05, 0) is 28.6 Å². The SMILES string of the molecule is CC(C)[Si](=[Zr+2])C(C)C.CC1=CC=CC2[CH-]C3(C)C4(C)C=CC=CC4(C)C4(C)C=CC=CC4(C)C3(C)C12C.[C-]1=CC=CC1.[Cl-].[Cl-].